The minimum atomic E-state index is -0.389. The second-order valence-corrected chi connectivity index (χ2v) is 11.5. The van der Waals surface area contributed by atoms with Crippen LogP contribution in [-0.4, -0.2) is 70.1 Å². The number of aryl methyl sites for hydroxylation is 2. The third-order valence-corrected chi connectivity index (χ3v) is 7.41. The van der Waals surface area contributed by atoms with Crippen LogP contribution in [0, 0.1) is 26.7 Å². The molecule has 0 saturated carbocycles. The molecule has 4 heterocycles. The number of thiazole rings is 2. The fourth-order valence-corrected chi connectivity index (χ4v) is 5.70. The first kappa shape index (κ1) is 28.8. The van der Waals surface area contributed by atoms with Gasteiger partial charge < -0.3 is 15.0 Å². The molecule has 1 N–H and O–H groups in total. The van der Waals surface area contributed by atoms with Crippen molar-refractivity contribution in [2.75, 3.05) is 31.5 Å². The molecular weight excluding hydrogens is 482 g/mol. The van der Waals surface area contributed by atoms with Crippen LogP contribution in [0.5, 0.6) is 0 Å². The molecule has 0 bridgehead atoms. The molecule has 4 rings (SSSR count). The summed E-state index contributed by atoms with van der Waals surface area (Å²) >= 11 is 3.03. The monoisotopic (exact) mass is 519 g/mol. The van der Waals surface area contributed by atoms with Crippen LogP contribution in [0.2, 0.25) is 0 Å². The number of likely N-dealkylation sites (tertiary alicyclic amines) is 2. The van der Waals surface area contributed by atoms with Gasteiger partial charge in [-0.05, 0) is 67.0 Å². The van der Waals surface area contributed by atoms with Crippen molar-refractivity contribution in [3.63, 3.8) is 0 Å². The average molecular weight is 520 g/mol. The number of piperidine rings is 1. The topological polar surface area (TPSA) is 87.7 Å². The van der Waals surface area contributed by atoms with E-state index in [1.807, 2.05) is 44.9 Å². The number of terminal acetylenes is 1. The highest BCUT2D eigenvalue weighted by Gasteiger charge is 2.33. The SMILES string of the molecule is C#C.CC(C)(C)OC(=O)N1CC[C@@H](N2CCCCC2)C1.Cc1nc(C)c(-c2csc(NC=O)n2)s1. The first-order chi connectivity index (χ1) is 16.7. The van der Waals surface area contributed by atoms with Gasteiger partial charge >= 0.3 is 6.09 Å². The van der Waals surface area contributed by atoms with Crippen molar-refractivity contribution in [1.29, 1.82) is 0 Å². The Bertz CT molecular complexity index is 973. The Hall–Kier alpha value is -2.48. The molecule has 1 atom stereocenters. The molecule has 10 heteroatoms. The molecule has 0 unspecified atom stereocenters. The lowest BCUT2D eigenvalue weighted by Gasteiger charge is -2.32. The Morgan fingerprint density at radius 3 is 2.43 bits per heavy atom. The minimum absolute atomic E-state index is 0.151. The van der Waals surface area contributed by atoms with Gasteiger partial charge in [0.15, 0.2) is 5.13 Å². The van der Waals surface area contributed by atoms with Crippen molar-refractivity contribution in [1.82, 2.24) is 19.8 Å². The Morgan fingerprint density at radius 1 is 1.17 bits per heavy atom. The highest BCUT2D eigenvalue weighted by atomic mass is 32.1. The van der Waals surface area contributed by atoms with Crippen molar-refractivity contribution >= 4 is 40.3 Å². The summed E-state index contributed by atoms with van der Waals surface area (Å²) < 4.78 is 5.43. The van der Waals surface area contributed by atoms with Gasteiger partial charge in [-0.2, -0.15) is 0 Å². The number of anilines is 1. The number of aromatic nitrogens is 2. The van der Waals surface area contributed by atoms with E-state index in [9.17, 15) is 9.59 Å². The van der Waals surface area contributed by atoms with E-state index >= 15 is 0 Å². The fraction of sp³-hybridized carbons (Fsp3) is 0.600. The summed E-state index contributed by atoms with van der Waals surface area (Å²) in [5, 5.41) is 6.10. The van der Waals surface area contributed by atoms with Crippen LogP contribution in [0.4, 0.5) is 9.93 Å². The third kappa shape index (κ3) is 8.91. The lowest BCUT2D eigenvalue weighted by Crippen LogP contribution is -2.42. The molecule has 192 valence electrons. The van der Waals surface area contributed by atoms with Crippen molar-refractivity contribution < 1.29 is 14.3 Å². The van der Waals surface area contributed by atoms with E-state index in [0.29, 0.717) is 17.6 Å². The van der Waals surface area contributed by atoms with E-state index < -0.39 is 0 Å². The van der Waals surface area contributed by atoms with Crippen LogP contribution in [0.15, 0.2) is 5.38 Å². The van der Waals surface area contributed by atoms with Crippen molar-refractivity contribution in [3.05, 3.63) is 16.1 Å². The van der Waals surface area contributed by atoms with Gasteiger partial charge in [-0.15, -0.1) is 35.5 Å². The van der Waals surface area contributed by atoms with Crippen LogP contribution in [0.1, 0.15) is 57.2 Å². The van der Waals surface area contributed by atoms with Crippen LogP contribution < -0.4 is 5.32 Å². The Labute approximate surface area is 217 Å². The van der Waals surface area contributed by atoms with Gasteiger partial charge in [0.25, 0.3) is 0 Å². The maximum absolute atomic E-state index is 12.0. The average Bonchev–Trinajstić information content (AvgIpc) is 3.55. The molecule has 2 aliphatic rings. The van der Waals surface area contributed by atoms with Gasteiger partial charge in [0, 0.05) is 24.5 Å². The first-order valence-corrected chi connectivity index (χ1v) is 13.5. The number of hydrogen-bond acceptors (Lipinski definition) is 8. The highest BCUT2D eigenvalue weighted by molar-refractivity contribution is 7.16. The predicted molar refractivity (Wildman–Crippen MR) is 144 cm³/mol. The zero-order valence-corrected chi connectivity index (χ0v) is 23.0. The minimum Gasteiger partial charge on any atom is -0.444 e. The van der Waals surface area contributed by atoms with E-state index in [2.05, 4.69) is 33.0 Å². The molecule has 0 radical (unpaired) electrons. The number of rotatable bonds is 4. The molecule has 2 aliphatic heterocycles. The Morgan fingerprint density at radius 2 is 1.86 bits per heavy atom. The summed E-state index contributed by atoms with van der Waals surface area (Å²) in [7, 11) is 0. The number of nitrogens with one attached hydrogen (secondary N) is 1. The van der Waals surface area contributed by atoms with Crippen molar-refractivity contribution in [2.24, 2.45) is 0 Å². The quantitative estimate of drug-likeness (QED) is 0.442. The first-order valence-electron chi connectivity index (χ1n) is 11.8. The molecule has 0 spiro atoms. The smallest absolute Gasteiger partial charge is 0.410 e. The molecule has 0 aromatic carbocycles. The van der Waals surface area contributed by atoms with Gasteiger partial charge in [0.2, 0.25) is 6.41 Å². The zero-order valence-electron chi connectivity index (χ0n) is 21.4. The number of carbonyl (C=O) groups is 2. The second-order valence-electron chi connectivity index (χ2n) is 9.41. The number of carbonyl (C=O) groups excluding carboxylic acids is 2. The molecule has 0 aliphatic carbocycles. The third-order valence-electron chi connectivity index (χ3n) is 5.54. The summed E-state index contributed by atoms with van der Waals surface area (Å²) in [5.41, 5.74) is 1.48. The molecule has 35 heavy (non-hydrogen) atoms. The maximum atomic E-state index is 12.0. The van der Waals surface area contributed by atoms with Crippen LogP contribution in [0.3, 0.4) is 0 Å². The van der Waals surface area contributed by atoms with Gasteiger partial charge in [0.1, 0.15) is 5.60 Å². The number of nitrogens with zero attached hydrogens (tertiary/aromatic N) is 4. The molecule has 2 saturated heterocycles. The largest absolute Gasteiger partial charge is 0.444 e. The summed E-state index contributed by atoms with van der Waals surface area (Å²) in [4.78, 5) is 36.3. The van der Waals surface area contributed by atoms with E-state index in [0.717, 1.165) is 40.8 Å². The number of ether oxygens (including phenoxy) is 1. The number of hydrogen-bond donors (Lipinski definition) is 1. The molecule has 2 aromatic rings. The Kier molecular flexibility index (Phi) is 11.1. The van der Waals surface area contributed by atoms with E-state index in [1.165, 1.54) is 43.7 Å². The van der Waals surface area contributed by atoms with Gasteiger partial charge in [-0.3, -0.25) is 9.69 Å². The zero-order chi connectivity index (χ0) is 26.0. The molecular formula is C25H37N5O3S2. The lowest BCUT2D eigenvalue weighted by atomic mass is 10.1. The van der Waals surface area contributed by atoms with Gasteiger partial charge in [0.05, 0.1) is 21.3 Å². The summed E-state index contributed by atoms with van der Waals surface area (Å²) in [6.07, 6.45) is 13.6. The molecule has 2 fully saturated rings. The van der Waals surface area contributed by atoms with Crippen molar-refractivity contribution in [3.8, 4) is 23.4 Å². The summed E-state index contributed by atoms with van der Waals surface area (Å²) in [6, 6.07) is 0.554. The van der Waals surface area contributed by atoms with E-state index in [4.69, 9.17) is 4.74 Å². The van der Waals surface area contributed by atoms with Crippen LogP contribution in [0.25, 0.3) is 10.6 Å². The summed E-state index contributed by atoms with van der Waals surface area (Å²) in [5.74, 6) is 0. The maximum Gasteiger partial charge on any atom is 0.410 e. The van der Waals surface area contributed by atoms with E-state index in [-0.39, 0.29) is 11.7 Å². The normalized spacial score (nSPS) is 18.0. The van der Waals surface area contributed by atoms with Gasteiger partial charge in [-0.25, -0.2) is 14.8 Å². The summed E-state index contributed by atoms with van der Waals surface area (Å²) in [6.45, 7) is 13.8. The van der Waals surface area contributed by atoms with Crippen LogP contribution in [-0.2, 0) is 9.53 Å². The predicted octanol–water partition coefficient (Wildman–Crippen LogP) is 5.18. The van der Waals surface area contributed by atoms with Gasteiger partial charge in [-0.1, -0.05) is 6.42 Å². The van der Waals surface area contributed by atoms with Crippen LogP contribution >= 0.6 is 22.7 Å². The molecule has 2 aromatic heterocycles. The Balaban J connectivity index is 0.000000234. The lowest BCUT2D eigenvalue weighted by molar-refractivity contribution is -0.105. The molecule has 2 amide bonds. The second kappa shape index (κ2) is 13.6. The van der Waals surface area contributed by atoms with Crippen molar-refractivity contribution in [2.45, 2.75) is 71.9 Å². The fourth-order valence-electron chi connectivity index (χ4n) is 4.08. The van der Waals surface area contributed by atoms with E-state index in [1.54, 1.807) is 11.3 Å². The number of amides is 2. The standard InChI is InChI=1S/C14H26N2O2.C9H9N3OS2.C2H2/c1-14(2,3)18-13(17)16-10-7-12(11-16)15-8-5-4-6-9-15;1-5-8(15-6(2)11-5)7-3-14-9(12-7)10-4-13;1-2/h12H,4-11H2,1-3H3;3-4H,1-2H3,(H,10,12,13);1-2H/t12-;;/m1../s1. The molecule has 8 nitrogen and oxygen atoms in total. The highest BCUT2D eigenvalue weighted by Crippen LogP contribution is 2.31.